The molecule has 20 heavy (non-hydrogen) atoms. The topological polar surface area (TPSA) is 80.9 Å². The second kappa shape index (κ2) is 6.25. The summed E-state index contributed by atoms with van der Waals surface area (Å²) >= 11 is 0. The fourth-order valence-corrected chi connectivity index (χ4v) is 1.93. The van der Waals surface area contributed by atoms with Crippen molar-refractivity contribution in [2.75, 3.05) is 5.32 Å². The van der Waals surface area contributed by atoms with Gasteiger partial charge in [-0.1, -0.05) is 24.3 Å². The molecule has 0 aliphatic carbocycles. The summed E-state index contributed by atoms with van der Waals surface area (Å²) in [6.45, 7) is 4.24. The fraction of sp³-hybridized carbons (Fsp3) is 0.267. The molecule has 5 heteroatoms. The summed E-state index contributed by atoms with van der Waals surface area (Å²) in [6.07, 6.45) is 0.293. The van der Waals surface area contributed by atoms with Crippen molar-refractivity contribution in [3.05, 3.63) is 52.8 Å². The SMILES string of the molecule is Cc1cc(C)nc(NC(=O)Cc2ccc(CN)cc2)n1. The van der Waals surface area contributed by atoms with Crippen LogP contribution in [0.15, 0.2) is 30.3 Å². The first-order valence-electron chi connectivity index (χ1n) is 6.47. The zero-order valence-corrected chi connectivity index (χ0v) is 11.7. The molecule has 2 aromatic rings. The Morgan fingerprint density at radius 2 is 1.65 bits per heavy atom. The van der Waals surface area contributed by atoms with Crippen molar-refractivity contribution in [3.63, 3.8) is 0 Å². The maximum atomic E-state index is 11.9. The number of rotatable bonds is 4. The van der Waals surface area contributed by atoms with Crippen LogP contribution in [0.4, 0.5) is 5.95 Å². The number of carbonyl (C=O) groups is 1. The first-order chi connectivity index (χ1) is 9.56. The second-order valence-electron chi connectivity index (χ2n) is 4.72. The maximum absolute atomic E-state index is 11.9. The van der Waals surface area contributed by atoms with E-state index in [4.69, 9.17) is 5.73 Å². The van der Waals surface area contributed by atoms with Crippen LogP contribution in [0.3, 0.4) is 0 Å². The standard InChI is InChI=1S/C15H18N4O/c1-10-7-11(2)18-15(17-10)19-14(20)8-12-3-5-13(9-16)6-4-12/h3-7H,8-9,16H2,1-2H3,(H,17,18,19,20). The number of benzene rings is 1. The molecule has 2 rings (SSSR count). The Kier molecular flexibility index (Phi) is 4.42. The minimum atomic E-state index is -0.129. The minimum Gasteiger partial charge on any atom is -0.326 e. The molecule has 0 saturated heterocycles. The highest BCUT2D eigenvalue weighted by Crippen LogP contribution is 2.07. The molecule has 0 spiro atoms. The van der Waals surface area contributed by atoms with Gasteiger partial charge in [0.1, 0.15) is 0 Å². The molecule has 1 aromatic heterocycles. The molecule has 0 aliphatic heterocycles. The molecule has 1 amide bonds. The number of nitrogens with zero attached hydrogens (tertiary/aromatic N) is 2. The van der Waals surface area contributed by atoms with E-state index in [1.807, 2.05) is 44.2 Å². The molecule has 0 saturated carbocycles. The number of hydrogen-bond acceptors (Lipinski definition) is 4. The molecule has 0 fully saturated rings. The van der Waals surface area contributed by atoms with Crippen LogP contribution in [0.1, 0.15) is 22.5 Å². The number of nitrogens with two attached hydrogens (primary N) is 1. The molecule has 1 heterocycles. The molecular formula is C15H18N4O. The zero-order valence-electron chi connectivity index (χ0n) is 11.7. The summed E-state index contributed by atoms with van der Waals surface area (Å²) in [6, 6.07) is 9.53. The van der Waals surface area contributed by atoms with E-state index >= 15 is 0 Å². The Balaban J connectivity index is 2.01. The summed E-state index contributed by atoms with van der Waals surface area (Å²) in [5.41, 5.74) is 9.18. The molecule has 3 N–H and O–H groups in total. The van der Waals surface area contributed by atoms with Gasteiger partial charge in [0.2, 0.25) is 11.9 Å². The second-order valence-corrected chi connectivity index (χ2v) is 4.72. The van der Waals surface area contributed by atoms with Crippen molar-refractivity contribution in [1.82, 2.24) is 9.97 Å². The number of amides is 1. The molecule has 5 nitrogen and oxygen atoms in total. The van der Waals surface area contributed by atoms with Crippen LogP contribution in [0, 0.1) is 13.8 Å². The molecular weight excluding hydrogens is 252 g/mol. The van der Waals surface area contributed by atoms with Gasteiger partial charge in [0.25, 0.3) is 0 Å². The van der Waals surface area contributed by atoms with Gasteiger partial charge in [0, 0.05) is 17.9 Å². The van der Waals surface area contributed by atoms with E-state index < -0.39 is 0 Å². The van der Waals surface area contributed by atoms with Gasteiger partial charge >= 0.3 is 0 Å². The third-order valence-corrected chi connectivity index (χ3v) is 2.86. The van der Waals surface area contributed by atoms with Gasteiger partial charge in [-0.25, -0.2) is 9.97 Å². The monoisotopic (exact) mass is 270 g/mol. The van der Waals surface area contributed by atoms with E-state index in [-0.39, 0.29) is 5.91 Å². The number of anilines is 1. The average molecular weight is 270 g/mol. The van der Waals surface area contributed by atoms with E-state index in [0.29, 0.717) is 18.9 Å². The Bertz CT molecular complexity index is 588. The van der Waals surface area contributed by atoms with Crippen molar-refractivity contribution in [1.29, 1.82) is 0 Å². The smallest absolute Gasteiger partial charge is 0.231 e. The van der Waals surface area contributed by atoms with Crippen molar-refractivity contribution in [2.45, 2.75) is 26.8 Å². The molecule has 0 unspecified atom stereocenters. The van der Waals surface area contributed by atoms with Crippen molar-refractivity contribution < 1.29 is 4.79 Å². The average Bonchev–Trinajstić information content (AvgIpc) is 2.38. The molecule has 1 aromatic carbocycles. The lowest BCUT2D eigenvalue weighted by atomic mass is 10.1. The largest absolute Gasteiger partial charge is 0.326 e. The maximum Gasteiger partial charge on any atom is 0.231 e. The van der Waals surface area contributed by atoms with Gasteiger partial charge in [0.05, 0.1) is 6.42 Å². The highest BCUT2D eigenvalue weighted by atomic mass is 16.1. The predicted octanol–water partition coefficient (Wildman–Crippen LogP) is 1.73. The Morgan fingerprint density at radius 3 is 2.20 bits per heavy atom. The van der Waals surface area contributed by atoms with E-state index in [2.05, 4.69) is 15.3 Å². The molecule has 0 radical (unpaired) electrons. The number of nitrogens with one attached hydrogen (secondary N) is 1. The Labute approximate surface area is 118 Å². The van der Waals surface area contributed by atoms with E-state index in [0.717, 1.165) is 22.5 Å². The van der Waals surface area contributed by atoms with Gasteiger partial charge in [-0.2, -0.15) is 0 Å². The third kappa shape index (κ3) is 3.86. The van der Waals surface area contributed by atoms with Crippen LogP contribution in [0.5, 0.6) is 0 Å². The molecule has 0 atom stereocenters. The zero-order chi connectivity index (χ0) is 14.5. The summed E-state index contributed by atoms with van der Waals surface area (Å²) in [4.78, 5) is 20.3. The number of aryl methyl sites for hydroxylation is 2. The summed E-state index contributed by atoms with van der Waals surface area (Å²) < 4.78 is 0. The number of aromatic nitrogens is 2. The predicted molar refractivity (Wildman–Crippen MR) is 78.2 cm³/mol. The molecule has 0 aliphatic rings. The fourth-order valence-electron chi connectivity index (χ4n) is 1.93. The first-order valence-corrected chi connectivity index (χ1v) is 6.47. The normalized spacial score (nSPS) is 10.3. The number of hydrogen-bond donors (Lipinski definition) is 2. The quantitative estimate of drug-likeness (QED) is 0.886. The van der Waals surface area contributed by atoms with Crippen LogP contribution < -0.4 is 11.1 Å². The van der Waals surface area contributed by atoms with Crippen LogP contribution in [-0.4, -0.2) is 15.9 Å². The lowest BCUT2D eigenvalue weighted by Gasteiger charge is -2.06. The summed E-state index contributed by atoms with van der Waals surface area (Å²) in [5, 5.41) is 2.71. The van der Waals surface area contributed by atoms with Crippen LogP contribution in [0.25, 0.3) is 0 Å². The highest BCUT2D eigenvalue weighted by molar-refractivity contribution is 5.90. The highest BCUT2D eigenvalue weighted by Gasteiger charge is 2.07. The molecule has 104 valence electrons. The van der Waals surface area contributed by atoms with Crippen molar-refractivity contribution in [2.24, 2.45) is 5.73 Å². The van der Waals surface area contributed by atoms with Gasteiger partial charge < -0.3 is 5.73 Å². The van der Waals surface area contributed by atoms with E-state index in [1.165, 1.54) is 0 Å². The van der Waals surface area contributed by atoms with E-state index in [9.17, 15) is 4.79 Å². The third-order valence-electron chi connectivity index (χ3n) is 2.86. The van der Waals surface area contributed by atoms with Crippen LogP contribution in [-0.2, 0) is 17.8 Å². The number of carbonyl (C=O) groups excluding carboxylic acids is 1. The van der Waals surface area contributed by atoms with Gasteiger partial charge in [-0.15, -0.1) is 0 Å². The lowest BCUT2D eigenvalue weighted by molar-refractivity contribution is -0.115. The van der Waals surface area contributed by atoms with Crippen LogP contribution >= 0.6 is 0 Å². The first kappa shape index (κ1) is 14.1. The van der Waals surface area contributed by atoms with Crippen LogP contribution in [0.2, 0.25) is 0 Å². The minimum absolute atomic E-state index is 0.129. The summed E-state index contributed by atoms with van der Waals surface area (Å²) in [5.74, 6) is 0.224. The van der Waals surface area contributed by atoms with Gasteiger partial charge in [0.15, 0.2) is 0 Å². The lowest BCUT2D eigenvalue weighted by Crippen LogP contribution is -2.17. The van der Waals surface area contributed by atoms with Crippen molar-refractivity contribution in [3.8, 4) is 0 Å². The Morgan fingerprint density at radius 1 is 1.10 bits per heavy atom. The van der Waals surface area contributed by atoms with Crippen molar-refractivity contribution >= 4 is 11.9 Å². The van der Waals surface area contributed by atoms with Gasteiger partial charge in [-0.05, 0) is 31.0 Å². The van der Waals surface area contributed by atoms with E-state index in [1.54, 1.807) is 0 Å². The molecule has 0 bridgehead atoms. The van der Waals surface area contributed by atoms with Gasteiger partial charge in [-0.3, -0.25) is 10.1 Å². The summed E-state index contributed by atoms with van der Waals surface area (Å²) in [7, 11) is 0. The Hall–Kier alpha value is -2.27.